The van der Waals surface area contributed by atoms with Gasteiger partial charge in [0, 0.05) is 11.7 Å². The predicted molar refractivity (Wildman–Crippen MR) is 95.7 cm³/mol. The maximum absolute atomic E-state index is 12.0. The Morgan fingerprint density at radius 2 is 2.08 bits per heavy atom. The molecule has 1 saturated carbocycles. The highest BCUT2D eigenvalue weighted by Crippen LogP contribution is 2.35. The number of hydrogen-bond acceptors (Lipinski definition) is 9. The molecule has 130 valence electrons. The number of amides is 1. The van der Waals surface area contributed by atoms with Crippen molar-refractivity contribution >= 4 is 45.9 Å². The number of carbonyl (C=O) groups excluding carboxylic acids is 1. The third-order valence-corrected chi connectivity index (χ3v) is 6.63. The van der Waals surface area contributed by atoms with Crippen molar-refractivity contribution in [2.75, 3.05) is 11.1 Å². The number of nitrogens with zero attached hydrogens (tertiary/aromatic N) is 4. The molecule has 1 amide bonds. The molecular formula is C14H19N5O2S3. The fraction of sp³-hybridized carbons (Fsp3) is 0.643. The average molecular weight is 386 g/mol. The van der Waals surface area contributed by atoms with E-state index in [0.717, 1.165) is 4.34 Å². The van der Waals surface area contributed by atoms with Gasteiger partial charge in [-0.15, -0.1) is 20.4 Å². The largest absolute Gasteiger partial charge is 0.416 e. The van der Waals surface area contributed by atoms with Crippen LogP contribution < -0.4 is 5.32 Å². The van der Waals surface area contributed by atoms with E-state index in [1.165, 1.54) is 55.2 Å². The summed E-state index contributed by atoms with van der Waals surface area (Å²) in [5.74, 6) is 0.628. The molecule has 0 saturated heterocycles. The number of rotatable bonds is 7. The zero-order chi connectivity index (χ0) is 16.8. The van der Waals surface area contributed by atoms with Crippen molar-refractivity contribution in [1.29, 1.82) is 0 Å². The van der Waals surface area contributed by atoms with Crippen LogP contribution in [0.4, 0.5) is 5.13 Å². The van der Waals surface area contributed by atoms with Crippen molar-refractivity contribution in [3.05, 3.63) is 5.89 Å². The van der Waals surface area contributed by atoms with Crippen molar-refractivity contribution in [2.24, 2.45) is 0 Å². The third-order valence-electron chi connectivity index (χ3n) is 3.55. The number of aromatic nitrogens is 4. The van der Waals surface area contributed by atoms with E-state index in [4.69, 9.17) is 4.42 Å². The summed E-state index contributed by atoms with van der Waals surface area (Å²) in [6.45, 7) is 1.94. The van der Waals surface area contributed by atoms with Crippen LogP contribution in [0.15, 0.2) is 14.0 Å². The minimum atomic E-state index is -0.151. The Morgan fingerprint density at radius 3 is 2.83 bits per heavy atom. The number of hydrogen-bond donors (Lipinski definition) is 1. The first kappa shape index (κ1) is 17.7. The second kappa shape index (κ2) is 8.82. The lowest BCUT2D eigenvalue weighted by atomic mass is 10.0. The molecule has 0 spiro atoms. The van der Waals surface area contributed by atoms with Crippen LogP contribution >= 0.6 is 34.9 Å². The lowest BCUT2D eigenvalue weighted by Gasteiger charge is -2.19. The second-order valence-corrected chi connectivity index (χ2v) is 8.85. The first-order chi connectivity index (χ1) is 11.7. The summed E-state index contributed by atoms with van der Waals surface area (Å²) < 4.78 is 6.28. The predicted octanol–water partition coefficient (Wildman–Crippen LogP) is 3.64. The third kappa shape index (κ3) is 5.18. The molecule has 0 unspecified atom stereocenters. The Morgan fingerprint density at radius 1 is 1.25 bits per heavy atom. The van der Waals surface area contributed by atoms with E-state index < -0.39 is 0 Å². The topological polar surface area (TPSA) is 93.8 Å². The van der Waals surface area contributed by atoms with E-state index >= 15 is 0 Å². The summed E-state index contributed by atoms with van der Waals surface area (Å²) >= 11 is 4.43. The quantitative estimate of drug-likeness (QED) is 0.570. The van der Waals surface area contributed by atoms with E-state index in [0.29, 0.717) is 27.9 Å². The van der Waals surface area contributed by atoms with Crippen LogP contribution in [-0.4, -0.2) is 37.3 Å². The number of nitrogens with one attached hydrogen (secondary N) is 1. The van der Waals surface area contributed by atoms with Crippen LogP contribution in [0.25, 0.3) is 0 Å². The van der Waals surface area contributed by atoms with Gasteiger partial charge in [0.2, 0.25) is 16.9 Å². The van der Waals surface area contributed by atoms with Gasteiger partial charge in [-0.2, -0.15) is 0 Å². The van der Waals surface area contributed by atoms with Crippen LogP contribution in [0, 0.1) is 0 Å². The van der Waals surface area contributed by atoms with Gasteiger partial charge in [-0.3, -0.25) is 10.1 Å². The maximum atomic E-state index is 12.0. The highest BCUT2D eigenvalue weighted by Gasteiger charge is 2.18. The Hall–Kier alpha value is -1.13. The summed E-state index contributed by atoms with van der Waals surface area (Å²) in [5.41, 5.74) is 0. The molecule has 7 nitrogen and oxygen atoms in total. The molecule has 3 rings (SSSR count). The number of anilines is 1. The molecule has 1 aliphatic rings. The summed E-state index contributed by atoms with van der Waals surface area (Å²) in [6, 6.07) is 0. The maximum Gasteiger partial charge on any atom is 0.277 e. The first-order valence-electron chi connectivity index (χ1n) is 7.98. The molecule has 2 aromatic heterocycles. The fourth-order valence-electron chi connectivity index (χ4n) is 2.36. The van der Waals surface area contributed by atoms with Gasteiger partial charge < -0.3 is 4.42 Å². The Kier molecular flexibility index (Phi) is 6.50. The number of thioether (sulfide) groups is 2. The molecule has 24 heavy (non-hydrogen) atoms. The molecule has 0 radical (unpaired) electrons. The zero-order valence-electron chi connectivity index (χ0n) is 13.4. The van der Waals surface area contributed by atoms with Crippen molar-refractivity contribution in [2.45, 2.75) is 60.3 Å². The van der Waals surface area contributed by atoms with Gasteiger partial charge in [0.25, 0.3) is 5.22 Å². The van der Waals surface area contributed by atoms with Gasteiger partial charge >= 0.3 is 0 Å². The van der Waals surface area contributed by atoms with Gasteiger partial charge in [-0.05, 0) is 12.8 Å². The van der Waals surface area contributed by atoms with Gasteiger partial charge in [0.15, 0.2) is 4.34 Å². The van der Waals surface area contributed by atoms with Gasteiger partial charge in [-0.1, -0.05) is 61.0 Å². The fourth-order valence-corrected chi connectivity index (χ4v) is 5.21. The van der Waals surface area contributed by atoms with E-state index in [1.807, 2.05) is 6.92 Å². The minimum absolute atomic E-state index is 0.151. The van der Waals surface area contributed by atoms with E-state index in [-0.39, 0.29) is 11.7 Å². The Labute approximate surface area is 152 Å². The van der Waals surface area contributed by atoms with Crippen LogP contribution in [0.1, 0.15) is 44.9 Å². The Bertz CT molecular complexity index is 669. The molecule has 2 aromatic rings. The molecule has 0 bridgehead atoms. The number of aryl methyl sites for hydroxylation is 1. The normalized spacial score (nSPS) is 15.5. The van der Waals surface area contributed by atoms with Crippen LogP contribution in [0.5, 0.6) is 0 Å². The monoisotopic (exact) mass is 385 g/mol. The molecule has 2 heterocycles. The second-order valence-electron chi connectivity index (χ2n) is 5.40. The lowest BCUT2D eigenvalue weighted by Crippen LogP contribution is -2.13. The standard InChI is InChI=1S/C14H19N5O2S3/c1-2-11-16-18-13(21-11)22-8-10(20)15-12-17-19-14(24-12)23-9-6-4-3-5-7-9/h9H,2-8H2,1H3,(H,15,17,20). The Balaban J connectivity index is 1.44. The molecule has 1 aliphatic carbocycles. The highest BCUT2D eigenvalue weighted by molar-refractivity contribution is 8.01. The first-order valence-corrected chi connectivity index (χ1v) is 10.7. The average Bonchev–Trinajstić information content (AvgIpc) is 3.23. The van der Waals surface area contributed by atoms with Crippen molar-refractivity contribution in [3.8, 4) is 0 Å². The molecule has 10 heteroatoms. The van der Waals surface area contributed by atoms with Crippen LogP contribution in [0.3, 0.4) is 0 Å². The number of carbonyl (C=O) groups is 1. The summed E-state index contributed by atoms with van der Waals surface area (Å²) in [6.07, 6.45) is 7.11. The SMILES string of the molecule is CCc1nnc(SCC(=O)Nc2nnc(SC3CCCCC3)s2)o1. The van der Waals surface area contributed by atoms with Crippen molar-refractivity contribution < 1.29 is 9.21 Å². The summed E-state index contributed by atoms with van der Waals surface area (Å²) in [5, 5.41) is 20.3. The lowest BCUT2D eigenvalue weighted by molar-refractivity contribution is -0.113. The van der Waals surface area contributed by atoms with E-state index in [1.54, 1.807) is 11.8 Å². The van der Waals surface area contributed by atoms with Crippen molar-refractivity contribution in [3.63, 3.8) is 0 Å². The van der Waals surface area contributed by atoms with Gasteiger partial charge in [0.1, 0.15) is 0 Å². The van der Waals surface area contributed by atoms with Crippen molar-refractivity contribution in [1.82, 2.24) is 20.4 Å². The smallest absolute Gasteiger partial charge is 0.277 e. The van der Waals surface area contributed by atoms with Gasteiger partial charge in [-0.25, -0.2) is 0 Å². The molecular weight excluding hydrogens is 366 g/mol. The highest BCUT2D eigenvalue weighted by atomic mass is 32.2. The van der Waals surface area contributed by atoms with E-state index in [2.05, 4.69) is 25.7 Å². The molecule has 1 fully saturated rings. The van der Waals surface area contributed by atoms with Crippen LogP contribution in [0.2, 0.25) is 0 Å². The van der Waals surface area contributed by atoms with Crippen LogP contribution in [-0.2, 0) is 11.2 Å². The minimum Gasteiger partial charge on any atom is -0.416 e. The molecule has 0 atom stereocenters. The molecule has 0 aromatic carbocycles. The van der Waals surface area contributed by atoms with Gasteiger partial charge in [0.05, 0.1) is 5.75 Å². The molecule has 1 N–H and O–H groups in total. The van der Waals surface area contributed by atoms with E-state index in [9.17, 15) is 4.79 Å². The zero-order valence-corrected chi connectivity index (χ0v) is 15.8. The summed E-state index contributed by atoms with van der Waals surface area (Å²) in [7, 11) is 0. The molecule has 0 aliphatic heterocycles. The summed E-state index contributed by atoms with van der Waals surface area (Å²) in [4.78, 5) is 12.0.